The highest BCUT2D eigenvalue weighted by molar-refractivity contribution is 5.86. The summed E-state index contributed by atoms with van der Waals surface area (Å²) in [5, 5.41) is 2.85. The van der Waals surface area contributed by atoms with Crippen LogP contribution in [0.1, 0.15) is 17.5 Å². The van der Waals surface area contributed by atoms with E-state index in [1.165, 1.54) is 0 Å². The Bertz CT molecular complexity index is 1130. The number of aromatic nitrogens is 1. The number of para-hydroxylation sites is 1. The smallest absolute Gasteiger partial charge is 0.228 e. The van der Waals surface area contributed by atoms with Crippen LogP contribution in [0, 0.1) is 5.41 Å². The van der Waals surface area contributed by atoms with Crippen LogP contribution in [0.4, 0.5) is 0 Å². The lowest BCUT2D eigenvalue weighted by Crippen LogP contribution is -2.44. The van der Waals surface area contributed by atoms with Crippen LogP contribution < -0.4 is 10.1 Å². The lowest BCUT2D eigenvalue weighted by Gasteiger charge is -2.28. The van der Waals surface area contributed by atoms with Crippen molar-refractivity contribution < 1.29 is 14.3 Å². The summed E-state index contributed by atoms with van der Waals surface area (Å²) in [7, 11) is 3.27. The largest absolute Gasteiger partial charge is 0.496 e. The molecule has 1 saturated heterocycles. The maximum atomic E-state index is 13.2. The summed E-state index contributed by atoms with van der Waals surface area (Å²) in [6.45, 7) is 0.943. The van der Waals surface area contributed by atoms with E-state index in [9.17, 15) is 9.59 Å². The highest BCUT2D eigenvalue weighted by atomic mass is 16.5. The molecule has 0 saturated carbocycles. The molecule has 0 bridgehead atoms. The van der Waals surface area contributed by atoms with Gasteiger partial charge < -0.3 is 15.0 Å². The van der Waals surface area contributed by atoms with E-state index in [0.717, 1.165) is 22.3 Å². The number of amides is 2. The number of nitrogens with one attached hydrogen (secondary N) is 1. The summed E-state index contributed by atoms with van der Waals surface area (Å²) in [6.07, 6.45) is 5.01. The van der Waals surface area contributed by atoms with E-state index in [4.69, 9.17) is 4.74 Å². The molecule has 1 atom stereocenters. The molecule has 1 unspecified atom stereocenters. The molecule has 33 heavy (non-hydrogen) atoms. The molecule has 1 aromatic heterocycles. The Morgan fingerprint density at radius 2 is 1.82 bits per heavy atom. The number of hydrogen-bond acceptors (Lipinski definition) is 4. The number of rotatable bonds is 7. The van der Waals surface area contributed by atoms with Crippen LogP contribution in [-0.4, -0.2) is 48.9 Å². The van der Waals surface area contributed by atoms with Gasteiger partial charge in [0.1, 0.15) is 5.75 Å². The molecular formula is C27H29N3O3. The second-order valence-corrected chi connectivity index (χ2v) is 8.49. The lowest BCUT2D eigenvalue weighted by molar-refractivity contribution is -0.132. The molecule has 6 heteroatoms. The molecule has 2 amide bonds. The summed E-state index contributed by atoms with van der Waals surface area (Å²) in [5.41, 5.74) is 3.33. The van der Waals surface area contributed by atoms with E-state index in [2.05, 4.69) is 22.4 Å². The van der Waals surface area contributed by atoms with Gasteiger partial charge in [-0.3, -0.25) is 14.6 Å². The highest BCUT2D eigenvalue weighted by Gasteiger charge is 2.45. The van der Waals surface area contributed by atoms with Crippen LogP contribution in [0.3, 0.4) is 0 Å². The molecule has 1 aliphatic rings. The Morgan fingerprint density at radius 3 is 2.55 bits per heavy atom. The van der Waals surface area contributed by atoms with Crippen LogP contribution in [0.2, 0.25) is 0 Å². The van der Waals surface area contributed by atoms with Gasteiger partial charge in [0.25, 0.3) is 0 Å². The van der Waals surface area contributed by atoms with Crippen molar-refractivity contribution in [2.45, 2.75) is 19.3 Å². The number of likely N-dealkylation sites (tertiary alicyclic amines) is 1. The zero-order chi connectivity index (χ0) is 23.3. The fraction of sp³-hybridized carbons (Fsp3) is 0.296. The fourth-order valence-electron chi connectivity index (χ4n) is 4.73. The third kappa shape index (κ3) is 4.75. The third-order valence-electron chi connectivity index (χ3n) is 6.47. The first-order valence-corrected chi connectivity index (χ1v) is 11.2. The standard InChI is InChI=1S/C27H29N3O3/c1-28-26(32)27(17-21-9-3-5-11-23(21)22-10-7-14-29-18-22)13-15-30(19-27)25(31)16-20-8-4-6-12-24(20)33-2/h3-12,14,18H,13,15-17,19H2,1-2H3,(H,28,32). The maximum Gasteiger partial charge on any atom is 0.228 e. The van der Waals surface area contributed by atoms with Gasteiger partial charge in [0.2, 0.25) is 11.8 Å². The number of pyridine rings is 1. The number of hydrogen-bond donors (Lipinski definition) is 1. The van der Waals surface area contributed by atoms with Crippen LogP contribution in [-0.2, 0) is 22.4 Å². The van der Waals surface area contributed by atoms with E-state index in [1.807, 2.05) is 59.6 Å². The number of methoxy groups -OCH3 is 1. The summed E-state index contributed by atoms with van der Waals surface area (Å²) >= 11 is 0. The van der Waals surface area contributed by atoms with Gasteiger partial charge in [-0.05, 0) is 36.1 Å². The van der Waals surface area contributed by atoms with Crippen molar-refractivity contribution in [1.29, 1.82) is 0 Å². The van der Waals surface area contributed by atoms with E-state index < -0.39 is 5.41 Å². The zero-order valence-corrected chi connectivity index (χ0v) is 19.1. The Hall–Kier alpha value is -3.67. The van der Waals surface area contributed by atoms with Gasteiger partial charge >= 0.3 is 0 Å². The Kier molecular flexibility index (Phi) is 6.73. The summed E-state index contributed by atoms with van der Waals surface area (Å²) in [6, 6.07) is 19.6. The Morgan fingerprint density at radius 1 is 1.06 bits per heavy atom. The third-order valence-corrected chi connectivity index (χ3v) is 6.47. The minimum Gasteiger partial charge on any atom is -0.496 e. The monoisotopic (exact) mass is 443 g/mol. The van der Waals surface area contributed by atoms with Gasteiger partial charge in [-0.2, -0.15) is 0 Å². The molecule has 1 N–H and O–H groups in total. The molecule has 6 nitrogen and oxygen atoms in total. The van der Waals surface area contributed by atoms with E-state index in [0.29, 0.717) is 31.7 Å². The van der Waals surface area contributed by atoms with E-state index >= 15 is 0 Å². The molecule has 2 heterocycles. The molecule has 170 valence electrons. The van der Waals surface area contributed by atoms with Gasteiger partial charge in [-0.1, -0.05) is 48.5 Å². The Labute approximate surface area is 194 Å². The van der Waals surface area contributed by atoms with Gasteiger partial charge in [0.05, 0.1) is 18.9 Å². The van der Waals surface area contributed by atoms with E-state index in [-0.39, 0.29) is 18.2 Å². The van der Waals surface area contributed by atoms with Gasteiger partial charge in [0.15, 0.2) is 0 Å². The predicted molar refractivity (Wildman–Crippen MR) is 128 cm³/mol. The maximum absolute atomic E-state index is 13.2. The van der Waals surface area contributed by atoms with Crippen molar-refractivity contribution in [2.75, 3.05) is 27.2 Å². The molecule has 2 aromatic carbocycles. The lowest BCUT2D eigenvalue weighted by atomic mass is 9.78. The average molecular weight is 444 g/mol. The van der Waals surface area contributed by atoms with Crippen molar-refractivity contribution in [3.63, 3.8) is 0 Å². The number of carbonyl (C=O) groups excluding carboxylic acids is 2. The minimum absolute atomic E-state index is 0.00539. The molecule has 1 fully saturated rings. The Balaban J connectivity index is 1.58. The molecule has 4 rings (SSSR count). The molecule has 0 radical (unpaired) electrons. The molecule has 3 aromatic rings. The first-order valence-electron chi connectivity index (χ1n) is 11.2. The van der Waals surface area contributed by atoms with Gasteiger partial charge in [0, 0.05) is 43.7 Å². The summed E-state index contributed by atoms with van der Waals surface area (Å²) < 4.78 is 5.40. The normalized spacial score (nSPS) is 17.6. The number of nitrogens with zero attached hydrogens (tertiary/aromatic N) is 2. The first-order chi connectivity index (χ1) is 16.1. The summed E-state index contributed by atoms with van der Waals surface area (Å²) in [5.74, 6) is 0.676. The number of benzene rings is 2. The predicted octanol–water partition coefficient (Wildman–Crippen LogP) is 3.51. The van der Waals surface area contributed by atoms with Crippen molar-refractivity contribution in [3.05, 3.63) is 84.2 Å². The highest BCUT2D eigenvalue weighted by Crippen LogP contribution is 2.38. The second kappa shape index (κ2) is 9.86. The van der Waals surface area contributed by atoms with E-state index in [1.54, 1.807) is 20.4 Å². The van der Waals surface area contributed by atoms with Crippen molar-refractivity contribution >= 4 is 11.8 Å². The molecule has 0 aliphatic carbocycles. The van der Waals surface area contributed by atoms with Gasteiger partial charge in [-0.15, -0.1) is 0 Å². The molecule has 0 spiro atoms. The number of carbonyl (C=O) groups is 2. The quantitative estimate of drug-likeness (QED) is 0.607. The SMILES string of the molecule is CNC(=O)C1(Cc2ccccc2-c2cccnc2)CCN(C(=O)Cc2ccccc2OC)C1. The van der Waals surface area contributed by atoms with Crippen molar-refractivity contribution in [2.24, 2.45) is 5.41 Å². The van der Waals surface area contributed by atoms with Crippen LogP contribution in [0.25, 0.3) is 11.1 Å². The van der Waals surface area contributed by atoms with Crippen molar-refractivity contribution in [3.8, 4) is 16.9 Å². The van der Waals surface area contributed by atoms with Crippen LogP contribution in [0.5, 0.6) is 5.75 Å². The molecule has 1 aliphatic heterocycles. The molecular weight excluding hydrogens is 414 g/mol. The van der Waals surface area contributed by atoms with Crippen LogP contribution >= 0.6 is 0 Å². The average Bonchev–Trinajstić information content (AvgIpc) is 3.30. The minimum atomic E-state index is -0.677. The first kappa shape index (κ1) is 22.5. The van der Waals surface area contributed by atoms with Crippen LogP contribution in [0.15, 0.2) is 73.1 Å². The van der Waals surface area contributed by atoms with Gasteiger partial charge in [-0.25, -0.2) is 0 Å². The summed E-state index contributed by atoms with van der Waals surface area (Å²) in [4.78, 5) is 32.3. The second-order valence-electron chi connectivity index (χ2n) is 8.49. The fourth-order valence-corrected chi connectivity index (χ4v) is 4.73. The topological polar surface area (TPSA) is 71.5 Å². The van der Waals surface area contributed by atoms with Crippen molar-refractivity contribution in [1.82, 2.24) is 15.2 Å². The number of ether oxygens (including phenoxy) is 1. The zero-order valence-electron chi connectivity index (χ0n) is 19.1.